The van der Waals surface area contributed by atoms with Gasteiger partial charge in [-0.2, -0.15) is 0 Å². The van der Waals surface area contributed by atoms with E-state index in [9.17, 15) is 22.0 Å². The molecule has 8 nitrogen and oxygen atoms in total. The zero-order valence-corrected chi connectivity index (χ0v) is 19.6. The number of ketones is 1. The highest BCUT2D eigenvalue weighted by Crippen LogP contribution is 2.33. The van der Waals surface area contributed by atoms with E-state index in [-0.39, 0.29) is 11.3 Å². The second-order valence-corrected chi connectivity index (χ2v) is 9.65. The zero-order chi connectivity index (χ0) is 24.6. The number of hydrogen-bond donors (Lipinski definition) is 1. The molecule has 0 fully saturated rings. The zero-order valence-electron chi connectivity index (χ0n) is 18.0. The largest absolute Gasteiger partial charge is 0.288 e. The van der Waals surface area contributed by atoms with E-state index in [2.05, 4.69) is 19.7 Å². The summed E-state index contributed by atoms with van der Waals surface area (Å²) in [4.78, 5) is 26.1. The van der Waals surface area contributed by atoms with E-state index in [1.54, 1.807) is 30.8 Å². The van der Waals surface area contributed by atoms with Gasteiger partial charge in [-0.05, 0) is 31.5 Å². The first-order chi connectivity index (χ1) is 16.1. The summed E-state index contributed by atoms with van der Waals surface area (Å²) in [6, 6.07) is 4.87. The molecule has 0 spiro atoms. The molecule has 2 aromatic carbocycles. The summed E-state index contributed by atoms with van der Waals surface area (Å²) in [5.74, 6) is -2.97. The second-order valence-electron chi connectivity index (χ2n) is 7.44. The van der Waals surface area contributed by atoms with Gasteiger partial charge in [0.25, 0.3) is 0 Å². The molecule has 2 heterocycles. The standard InChI is InChI=1S/C22H18ClF2N5O3S/c1-3-8-34(32,33)29-17-10-14(24)21(25)19(20(17)23)22(31)13-4-5-15-16(9-13)28-18(11-27-15)30-7-6-26-12(30)2/h4-7,9-11,29H,3,8H2,1-2H3. The number of aromatic nitrogens is 4. The number of aryl methyl sites for hydroxylation is 1. The van der Waals surface area contributed by atoms with E-state index in [0.29, 0.717) is 35.2 Å². The number of anilines is 1. The molecule has 0 saturated carbocycles. The van der Waals surface area contributed by atoms with E-state index >= 15 is 0 Å². The average Bonchev–Trinajstić information content (AvgIpc) is 3.22. The van der Waals surface area contributed by atoms with Crippen LogP contribution in [0.1, 0.15) is 35.1 Å². The fourth-order valence-electron chi connectivity index (χ4n) is 3.39. The molecule has 0 unspecified atom stereocenters. The van der Waals surface area contributed by atoms with Gasteiger partial charge >= 0.3 is 0 Å². The molecule has 4 aromatic rings. The number of carbonyl (C=O) groups is 1. The Kier molecular flexibility index (Phi) is 6.32. The van der Waals surface area contributed by atoms with Gasteiger partial charge < -0.3 is 0 Å². The highest BCUT2D eigenvalue weighted by Gasteiger charge is 2.26. The Labute approximate surface area is 198 Å². The number of sulfonamides is 1. The van der Waals surface area contributed by atoms with Crippen LogP contribution in [0.5, 0.6) is 0 Å². The van der Waals surface area contributed by atoms with Crippen LogP contribution < -0.4 is 4.72 Å². The quantitative estimate of drug-likeness (QED) is 0.294. The highest BCUT2D eigenvalue weighted by atomic mass is 35.5. The number of nitrogens with zero attached hydrogens (tertiary/aromatic N) is 4. The molecule has 0 radical (unpaired) electrons. The van der Waals surface area contributed by atoms with Crippen LogP contribution in [-0.4, -0.2) is 39.5 Å². The summed E-state index contributed by atoms with van der Waals surface area (Å²) in [6.45, 7) is 3.43. The lowest BCUT2D eigenvalue weighted by molar-refractivity contribution is 0.103. The van der Waals surface area contributed by atoms with Crippen LogP contribution in [-0.2, 0) is 10.0 Å². The minimum absolute atomic E-state index is 0.0323. The van der Waals surface area contributed by atoms with E-state index in [1.807, 2.05) is 0 Å². The third-order valence-electron chi connectivity index (χ3n) is 4.99. The van der Waals surface area contributed by atoms with Gasteiger partial charge in [-0.1, -0.05) is 18.5 Å². The maximum absolute atomic E-state index is 14.7. The molecular weight excluding hydrogens is 488 g/mol. The van der Waals surface area contributed by atoms with Crippen molar-refractivity contribution in [3.05, 3.63) is 76.5 Å². The third-order valence-corrected chi connectivity index (χ3v) is 6.86. The van der Waals surface area contributed by atoms with Crippen molar-refractivity contribution in [2.75, 3.05) is 10.5 Å². The van der Waals surface area contributed by atoms with Crippen molar-refractivity contribution in [2.24, 2.45) is 0 Å². The molecule has 0 amide bonds. The molecule has 4 rings (SSSR count). The van der Waals surface area contributed by atoms with Crippen molar-refractivity contribution in [3.8, 4) is 5.82 Å². The van der Waals surface area contributed by atoms with Gasteiger partial charge in [0.2, 0.25) is 10.0 Å². The lowest BCUT2D eigenvalue weighted by atomic mass is 10.0. The van der Waals surface area contributed by atoms with Crippen molar-refractivity contribution >= 4 is 44.1 Å². The molecule has 0 atom stereocenters. The van der Waals surface area contributed by atoms with Gasteiger partial charge in [0, 0.05) is 24.0 Å². The molecule has 0 aliphatic rings. The maximum Gasteiger partial charge on any atom is 0.232 e. The van der Waals surface area contributed by atoms with Gasteiger partial charge in [-0.3, -0.25) is 19.1 Å². The van der Waals surface area contributed by atoms with E-state index in [1.165, 1.54) is 24.4 Å². The van der Waals surface area contributed by atoms with Gasteiger partial charge in [0.1, 0.15) is 5.82 Å². The van der Waals surface area contributed by atoms with Gasteiger partial charge in [-0.25, -0.2) is 27.2 Å². The summed E-state index contributed by atoms with van der Waals surface area (Å²) in [7, 11) is -3.86. The van der Waals surface area contributed by atoms with E-state index < -0.39 is 43.7 Å². The second kappa shape index (κ2) is 9.07. The number of fused-ring (bicyclic) bond motifs is 1. The van der Waals surface area contributed by atoms with Crippen LogP contribution >= 0.6 is 11.6 Å². The molecule has 0 aliphatic heterocycles. The Hall–Kier alpha value is -3.44. The van der Waals surface area contributed by atoms with Gasteiger partial charge in [-0.15, -0.1) is 0 Å². The predicted octanol–water partition coefficient (Wildman–Crippen LogP) is 4.44. The number of nitrogens with one attached hydrogen (secondary N) is 1. The fraction of sp³-hybridized carbons (Fsp3) is 0.182. The summed E-state index contributed by atoms with van der Waals surface area (Å²) in [6.07, 6.45) is 5.13. The number of carbonyl (C=O) groups excluding carboxylic acids is 1. The monoisotopic (exact) mass is 505 g/mol. The topological polar surface area (TPSA) is 107 Å². The van der Waals surface area contributed by atoms with Crippen molar-refractivity contribution in [1.29, 1.82) is 0 Å². The van der Waals surface area contributed by atoms with Crippen molar-refractivity contribution < 1.29 is 22.0 Å². The Bertz CT molecular complexity index is 1540. The lowest BCUT2D eigenvalue weighted by Crippen LogP contribution is -2.18. The maximum atomic E-state index is 14.7. The molecule has 34 heavy (non-hydrogen) atoms. The third kappa shape index (κ3) is 4.48. The normalized spacial score (nSPS) is 11.7. The molecule has 0 saturated heterocycles. The molecular formula is C22H18ClF2N5O3S. The van der Waals surface area contributed by atoms with Crippen molar-refractivity contribution in [1.82, 2.24) is 19.5 Å². The summed E-state index contributed by atoms with van der Waals surface area (Å²) in [5.41, 5.74) is -0.444. The number of rotatable bonds is 7. The van der Waals surface area contributed by atoms with Gasteiger partial charge in [0.15, 0.2) is 23.2 Å². The minimum Gasteiger partial charge on any atom is -0.288 e. The molecule has 12 heteroatoms. The molecule has 2 aromatic heterocycles. The Morgan fingerprint density at radius 3 is 2.62 bits per heavy atom. The van der Waals surface area contributed by atoms with E-state index in [0.717, 1.165) is 0 Å². The van der Waals surface area contributed by atoms with Gasteiger partial charge in [0.05, 0.1) is 39.3 Å². The van der Waals surface area contributed by atoms with Crippen LogP contribution in [0.4, 0.5) is 14.5 Å². The Balaban J connectivity index is 1.79. The predicted molar refractivity (Wildman–Crippen MR) is 124 cm³/mol. The minimum atomic E-state index is -3.86. The van der Waals surface area contributed by atoms with Crippen molar-refractivity contribution in [3.63, 3.8) is 0 Å². The first-order valence-corrected chi connectivity index (χ1v) is 12.1. The number of hydrogen-bond acceptors (Lipinski definition) is 6. The number of benzene rings is 2. The number of halogens is 3. The van der Waals surface area contributed by atoms with Crippen LogP contribution in [0.25, 0.3) is 16.9 Å². The number of imidazole rings is 1. The molecule has 0 aliphatic carbocycles. The Morgan fingerprint density at radius 1 is 1.18 bits per heavy atom. The summed E-state index contributed by atoms with van der Waals surface area (Å²) >= 11 is 6.17. The first-order valence-electron chi connectivity index (χ1n) is 10.1. The average molecular weight is 506 g/mol. The molecule has 1 N–H and O–H groups in total. The molecule has 0 bridgehead atoms. The molecule has 176 valence electrons. The van der Waals surface area contributed by atoms with Crippen LogP contribution in [0.2, 0.25) is 5.02 Å². The summed E-state index contributed by atoms with van der Waals surface area (Å²) < 4.78 is 57.0. The van der Waals surface area contributed by atoms with Crippen LogP contribution in [0.3, 0.4) is 0 Å². The smallest absolute Gasteiger partial charge is 0.232 e. The fourth-order valence-corrected chi connectivity index (χ4v) is 4.85. The Morgan fingerprint density at radius 2 is 1.94 bits per heavy atom. The van der Waals surface area contributed by atoms with Crippen LogP contribution in [0, 0.1) is 18.6 Å². The SMILES string of the molecule is CCCS(=O)(=O)Nc1cc(F)c(F)c(C(=O)c2ccc3ncc(-n4ccnc4C)nc3c2)c1Cl. The summed E-state index contributed by atoms with van der Waals surface area (Å²) in [5, 5.41) is -0.544. The highest BCUT2D eigenvalue weighted by molar-refractivity contribution is 7.92. The first kappa shape index (κ1) is 23.7. The lowest BCUT2D eigenvalue weighted by Gasteiger charge is -2.13. The van der Waals surface area contributed by atoms with Crippen molar-refractivity contribution in [2.45, 2.75) is 20.3 Å². The van der Waals surface area contributed by atoms with E-state index in [4.69, 9.17) is 11.6 Å². The van der Waals surface area contributed by atoms with Crippen LogP contribution in [0.15, 0.2) is 42.9 Å².